The molecule has 5 heteroatoms. The monoisotopic (exact) mass is 462 g/mol. The normalized spacial score (nSPS) is 11.7. The average Bonchev–Trinajstić information content (AvgIpc) is 3.24. The molecule has 174 valence electrons. The lowest BCUT2D eigenvalue weighted by Gasteiger charge is -2.30. The minimum Gasteiger partial charge on any atom is -0.333 e. The van der Waals surface area contributed by atoms with Crippen LogP contribution in [0, 0.1) is 6.92 Å². The molecule has 0 aliphatic rings. The van der Waals surface area contributed by atoms with Gasteiger partial charge in [-0.05, 0) is 47.9 Å². The molecule has 0 saturated carbocycles. The van der Waals surface area contributed by atoms with Crippen molar-refractivity contribution in [3.8, 4) is 0 Å². The van der Waals surface area contributed by atoms with Crippen LogP contribution in [0.4, 0.5) is 0 Å². The van der Waals surface area contributed by atoms with Crippen molar-refractivity contribution in [1.29, 1.82) is 0 Å². The maximum absolute atomic E-state index is 13.6. The number of thiophene rings is 1. The van der Waals surface area contributed by atoms with Crippen LogP contribution in [0.1, 0.15) is 54.2 Å². The molecule has 0 fully saturated rings. The summed E-state index contributed by atoms with van der Waals surface area (Å²) in [5, 5.41) is 2.06. The lowest BCUT2D eigenvalue weighted by Crippen LogP contribution is -2.44. The zero-order valence-electron chi connectivity index (χ0n) is 19.9. The van der Waals surface area contributed by atoms with E-state index in [4.69, 9.17) is 0 Å². The first kappa shape index (κ1) is 24.7. The van der Waals surface area contributed by atoms with Crippen LogP contribution >= 0.6 is 11.3 Å². The molecule has 1 aromatic heterocycles. The maximum Gasteiger partial charge on any atom is 0.242 e. The number of hydrogen-bond acceptors (Lipinski definition) is 3. The summed E-state index contributed by atoms with van der Waals surface area (Å²) in [6, 6.07) is 22.0. The summed E-state index contributed by atoms with van der Waals surface area (Å²) >= 11 is 1.67. The van der Waals surface area contributed by atoms with E-state index in [0.29, 0.717) is 26.1 Å². The van der Waals surface area contributed by atoms with Crippen LogP contribution in [0.5, 0.6) is 0 Å². The number of amides is 2. The van der Waals surface area contributed by atoms with Gasteiger partial charge in [0.2, 0.25) is 11.8 Å². The average molecular weight is 463 g/mol. The van der Waals surface area contributed by atoms with E-state index in [2.05, 4.69) is 18.4 Å². The Morgan fingerprint density at radius 3 is 2.12 bits per heavy atom. The fourth-order valence-corrected chi connectivity index (χ4v) is 4.96. The highest BCUT2D eigenvalue weighted by molar-refractivity contribution is 7.10. The molecular weight excluding hydrogens is 428 g/mol. The van der Waals surface area contributed by atoms with Crippen molar-refractivity contribution in [3.05, 3.63) is 93.7 Å². The molecule has 0 N–H and O–H groups in total. The van der Waals surface area contributed by atoms with E-state index in [1.54, 1.807) is 16.2 Å². The molecule has 3 rings (SSSR count). The third kappa shape index (κ3) is 6.78. The number of rotatable bonds is 11. The number of aryl methyl sites for hydroxylation is 1. The fraction of sp³-hybridized carbons (Fsp3) is 0.357. The van der Waals surface area contributed by atoms with Crippen molar-refractivity contribution in [1.82, 2.24) is 9.80 Å². The fourth-order valence-electron chi connectivity index (χ4n) is 4.03. The van der Waals surface area contributed by atoms with Crippen LogP contribution in [-0.2, 0) is 22.7 Å². The molecule has 2 aromatic carbocycles. The van der Waals surface area contributed by atoms with Gasteiger partial charge in [-0.3, -0.25) is 9.59 Å². The molecule has 4 nitrogen and oxygen atoms in total. The van der Waals surface area contributed by atoms with Gasteiger partial charge in [0.05, 0.1) is 19.0 Å². The summed E-state index contributed by atoms with van der Waals surface area (Å²) in [7, 11) is 0. The molecule has 0 saturated heterocycles. The zero-order valence-corrected chi connectivity index (χ0v) is 20.7. The number of carbonyl (C=O) groups is 2. The number of benzene rings is 2. The van der Waals surface area contributed by atoms with Crippen molar-refractivity contribution in [2.24, 2.45) is 0 Å². The Morgan fingerprint density at radius 1 is 0.879 bits per heavy atom. The van der Waals surface area contributed by atoms with Gasteiger partial charge in [0, 0.05) is 18.0 Å². The van der Waals surface area contributed by atoms with Gasteiger partial charge in [-0.1, -0.05) is 74.5 Å². The molecule has 0 aliphatic heterocycles. The van der Waals surface area contributed by atoms with Gasteiger partial charge in [0.1, 0.15) is 0 Å². The lowest BCUT2D eigenvalue weighted by atomic mass is 9.95. The highest BCUT2D eigenvalue weighted by Gasteiger charge is 2.27. The van der Waals surface area contributed by atoms with Crippen LogP contribution in [0.15, 0.2) is 72.1 Å². The van der Waals surface area contributed by atoms with Crippen molar-refractivity contribution < 1.29 is 9.59 Å². The SMILES string of the molecule is CCCN(CC(=O)N(Cc1ccccc1)Cc1sccc1C)C(=O)C(CC)c1ccccc1. The molecule has 1 unspecified atom stereocenters. The van der Waals surface area contributed by atoms with E-state index in [9.17, 15) is 9.59 Å². The smallest absolute Gasteiger partial charge is 0.242 e. The number of hydrogen-bond donors (Lipinski definition) is 0. The summed E-state index contributed by atoms with van der Waals surface area (Å²) in [4.78, 5) is 31.9. The third-order valence-corrected chi connectivity index (χ3v) is 6.92. The van der Waals surface area contributed by atoms with Gasteiger partial charge in [-0.2, -0.15) is 0 Å². The van der Waals surface area contributed by atoms with E-state index >= 15 is 0 Å². The quantitative estimate of drug-likeness (QED) is 0.350. The molecule has 0 bridgehead atoms. The second kappa shape index (κ2) is 12.4. The Kier molecular flexibility index (Phi) is 9.25. The van der Waals surface area contributed by atoms with Crippen molar-refractivity contribution >= 4 is 23.2 Å². The predicted molar refractivity (Wildman–Crippen MR) is 136 cm³/mol. The van der Waals surface area contributed by atoms with Gasteiger partial charge >= 0.3 is 0 Å². The minimum atomic E-state index is -0.229. The molecule has 0 aliphatic carbocycles. The van der Waals surface area contributed by atoms with Gasteiger partial charge in [-0.15, -0.1) is 11.3 Å². The molecule has 0 radical (unpaired) electrons. The van der Waals surface area contributed by atoms with Crippen molar-refractivity contribution in [2.45, 2.75) is 52.6 Å². The Balaban J connectivity index is 1.80. The van der Waals surface area contributed by atoms with E-state index in [-0.39, 0.29) is 24.3 Å². The largest absolute Gasteiger partial charge is 0.333 e. The Labute approximate surface area is 201 Å². The molecule has 33 heavy (non-hydrogen) atoms. The van der Waals surface area contributed by atoms with E-state index in [1.165, 1.54) is 10.4 Å². The molecule has 1 atom stereocenters. The van der Waals surface area contributed by atoms with Crippen LogP contribution in [0.2, 0.25) is 0 Å². The second-order valence-corrected chi connectivity index (χ2v) is 9.39. The summed E-state index contributed by atoms with van der Waals surface area (Å²) in [5.41, 5.74) is 3.29. The highest BCUT2D eigenvalue weighted by Crippen LogP contribution is 2.23. The van der Waals surface area contributed by atoms with E-state index < -0.39 is 0 Å². The van der Waals surface area contributed by atoms with Crippen LogP contribution in [0.3, 0.4) is 0 Å². The molecule has 0 spiro atoms. The summed E-state index contributed by atoms with van der Waals surface area (Å²) in [5.74, 6) is -0.213. The Morgan fingerprint density at radius 2 is 1.55 bits per heavy atom. The van der Waals surface area contributed by atoms with Crippen molar-refractivity contribution in [2.75, 3.05) is 13.1 Å². The summed E-state index contributed by atoms with van der Waals surface area (Å²) in [6.07, 6.45) is 1.52. The number of carbonyl (C=O) groups excluding carboxylic acids is 2. The van der Waals surface area contributed by atoms with Crippen LogP contribution < -0.4 is 0 Å². The Bertz CT molecular complexity index is 1020. The topological polar surface area (TPSA) is 40.6 Å². The molecule has 3 aromatic rings. The first-order valence-corrected chi connectivity index (χ1v) is 12.6. The van der Waals surface area contributed by atoms with E-state index in [1.807, 2.05) is 79.4 Å². The summed E-state index contributed by atoms with van der Waals surface area (Å²) in [6.45, 7) is 7.92. The van der Waals surface area contributed by atoms with Gasteiger partial charge in [0.15, 0.2) is 0 Å². The van der Waals surface area contributed by atoms with Gasteiger partial charge < -0.3 is 9.80 Å². The van der Waals surface area contributed by atoms with Gasteiger partial charge in [-0.25, -0.2) is 0 Å². The molecule has 1 heterocycles. The van der Waals surface area contributed by atoms with E-state index in [0.717, 1.165) is 17.5 Å². The number of nitrogens with zero attached hydrogens (tertiary/aromatic N) is 2. The molecule has 2 amide bonds. The lowest BCUT2D eigenvalue weighted by molar-refractivity contribution is -0.142. The zero-order chi connectivity index (χ0) is 23.6. The third-order valence-electron chi connectivity index (χ3n) is 5.91. The van der Waals surface area contributed by atoms with Gasteiger partial charge in [0.25, 0.3) is 0 Å². The van der Waals surface area contributed by atoms with Crippen LogP contribution in [-0.4, -0.2) is 34.7 Å². The standard InChI is InChI=1S/C28H34N2O2S/c1-4-17-29(28(32)25(5-2)24-14-10-7-11-15-24)21-27(31)30(19-23-12-8-6-9-13-23)20-26-22(3)16-18-33-26/h6-16,18,25H,4-5,17,19-21H2,1-3H3. The summed E-state index contributed by atoms with van der Waals surface area (Å²) < 4.78 is 0. The highest BCUT2D eigenvalue weighted by atomic mass is 32.1. The maximum atomic E-state index is 13.6. The second-order valence-electron chi connectivity index (χ2n) is 8.39. The first-order valence-electron chi connectivity index (χ1n) is 11.7. The first-order chi connectivity index (χ1) is 16.0. The minimum absolute atomic E-state index is 0.0173. The predicted octanol–water partition coefficient (Wildman–Crippen LogP) is 6.02. The molecular formula is C28H34N2O2S. The van der Waals surface area contributed by atoms with Crippen molar-refractivity contribution in [3.63, 3.8) is 0 Å². The van der Waals surface area contributed by atoms with Crippen LogP contribution in [0.25, 0.3) is 0 Å². The Hall–Kier alpha value is -2.92.